The fraction of sp³-hybridized carbons (Fsp3) is 0.176. The van der Waals surface area contributed by atoms with Crippen molar-refractivity contribution in [2.45, 2.75) is 36.9 Å². The lowest BCUT2D eigenvalue weighted by atomic mass is 9.83. The van der Waals surface area contributed by atoms with Crippen LogP contribution in [0.15, 0.2) is 147 Å². The van der Waals surface area contributed by atoms with E-state index in [4.69, 9.17) is 4.74 Å². The Labute approximate surface area is 210 Å². The quantitative estimate of drug-likeness (QED) is 0.197. The summed E-state index contributed by atoms with van der Waals surface area (Å²) in [5.41, 5.74) is 3.67. The van der Waals surface area contributed by atoms with Crippen LogP contribution in [0.3, 0.4) is 0 Å². The standard InChI is InChI=1S/C34H34O/c1-3-33(25-29-17-9-5-10-18-29,26-30-19-11-6-12-20-30)35-34(4-2,27-31-21-13-7-14-22-31)28-32-23-15-8-16-24-32/h3-24H,1-2,25-28H2. The number of rotatable bonds is 12. The Balaban J connectivity index is 1.77. The van der Waals surface area contributed by atoms with Gasteiger partial charge in [0, 0.05) is 25.7 Å². The largest absolute Gasteiger partial charge is 0.359 e. The summed E-state index contributed by atoms with van der Waals surface area (Å²) >= 11 is 0. The molecule has 0 saturated carbocycles. The van der Waals surface area contributed by atoms with E-state index in [2.05, 4.69) is 134 Å². The molecule has 1 heteroatoms. The highest BCUT2D eigenvalue weighted by Gasteiger charge is 2.39. The summed E-state index contributed by atoms with van der Waals surface area (Å²) in [5.74, 6) is 0. The lowest BCUT2D eigenvalue weighted by Gasteiger charge is -2.42. The number of ether oxygens (including phenoxy) is 1. The smallest absolute Gasteiger partial charge is 0.0952 e. The minimum absolute atomic E-state index is 0.611. The van der Waals surface area contributed by atoms with Crippen LogP contribution in [0.5, 0.6) is 0 Å². The van der Waals surface area contributed by atoms with E-state index in [1.807, 2.05) is 12.2 Å². The molecular weight excluding hydrogens is 424 g/mol. The van der Waals surface area contributed by atoms with Crippen LogP contribution in [0.4, 0.5) is 0 Å². The third kappa shape index (κ3) is 6.68. The SMILES string of the molecule is C=CC(Cc1ccccc1)(Cc1ccccc1)OC(C=C)(Cc1ccccc1)Cc1ccccc1. The van der Waals surface area contributed by atoms with Crippen molar-refractivity contribution < 1.29 is 4.74 Å². The third-order valence-electron chi connectivity index (χ3n) is 6.54. The zero-order valence-electron chi connectivity index (χ0n) is 20.4. The fourth-order valence-electron chi connectivity index (χ4n) is 4.81. The van der Waals surface area contributed by atoms with E-state index in [9.17, 15) is 0 Å². The fourth-order valence-corrected chi connectivity index (χ4v) is 4.81. The van der Waals surface area contributed by atoms with Gasteiger partial charge in [0.15, 0.2) is 0 Å². The van der Waals surface area contributed by atoms with E-state index in [0.717, 1.165) is 25.7 Å². The van der Waals surface area contributed by atoms with Gasteiger partial charge in [0.2, 0.25) is 0 Å². The van der Waals surface area contributed by atoms with Gasteiger partial charge in [-0.2, -0.15) is 0 Å². The highest BCUT2D eigenvalue weighted by atomic mass is 16.5. The van der Waals surface area contributed by atoms with Gasteiger partial charge >= 0.3 is 0 Å². The highest BCUT2D eigenvalue weighted by Crippen LogP contribution is 2.35. The molecule has 0 saturated heterocycles. The van der Waals surface area contributed by atoms with Crippen LogP contribution < -0.4 is 0 Å². The van der Waals surface area contributed by atoms with Gasteiger partial charge in [0.1, 0.15) is 0 Å². The summed E-state index contributed by atoms with van der Waals surface area (Å²) in [6.45, 7) is 8.60. The monoisotopic (exact) mass is 458 g/mol. The van der Waals surface area contributed by atoms with Crippen LogP contribution in [-0.4, -0.2) is 11.2 Å². The molecule has 0 aliphatic heterocycles. The minimum Gasteiger partial charge on any atom is -0.359 e. The molecule has 0 aliphatic rings. The van der Waals surface area contributed by atoms with E-state index >= 15 is 0 Å². The van der Waals surface area contributed by atoms with Crippen LogP contribution >= 0.6 is 0 Å². The number of benzene rings is 4. The second kappa shape index (κ2) is 11.6. The molecule has 0 bridgehead atoms. The van der Waals surface area contributed by atoms with Crippen molar-refractivity contribution in [2.75, 3.05) is 0 Å². The van der Waals surface area contributed by atoms with Gasteiger partial charge in [0.05, 0.1) is 11.2 Å². The average Bonchev–Trinajstić information content (AvgIpc) is 2.91. The summed E-state index contributed by atoms with van der Waals surface area (Å²) in [6.07, 6.45) is 6.91. The van der Waals surface area contributed by atoms with Gasteiger partial charge in [0.25, 0.3) is 0 Å². The molecule has 0 N–H and O–H groups in total. The maximum atomic E-state index is 7.30. The topological polar surface area (TPSA) is 9.23 Å². The molecule has 0 radical (unpaired) electrons. The van der Waals surface area contributed by atoms with Gasteiger partial charge in [-0.05, 0) is 22.3 Å². The van der Waals surface area contributed by atoms with Gasteiger partial charge in [-0.15, -0.1) is 13.2 Å². The molecule has 4 rings (SSSR count). The Morgan fingerprint density at radius 1 is 0.429 bits per heavy atom. The number of hydrogen-bond acceptors (Lipinski definition) is 1. The Hall–Kier alpha value is -3.68. The lowest BCUT2D eigenvalue weighted by Crippen LogP contribution is -2.48. The van der Waals surface area contributed by atoms with Crippen molar-refractivity contribution >= 4 is 0 Å². The molecule has 0 aromatic heterocycles. The van der Waals surface area contributed by atoms with E-state index in [-0.39, 0.29) is 0 Å². The zero-order chi connectivity index (χ0) is 24.4. The number of hydrogen-bond donors (Lipinski definition) is 0. The molecule has 1 nitrogen and oxygen atoms in total. The maximum absolute atomic E-state index is 7.30. The predicted molar refractivity (Wildman–Crippen MR) is 148 cm³/mol. The molecule has 0 fully saturated rings. The predicted octanol–water partition coefficient (Wildman–Crippen LogP) is 7.82. The summed E-state index contributed by atoms with van der Waals surface area (Å²) in [5, 5.41) is 0. The minimum atomic E-state index is -0.611. The lowest BCUT2D eigenvalue weighted by molar-refractivity contribution is -0.107. The summed E-state index contributed by atoms with van der Waals surface area (Å²) in [4.78, 5) is 0. The summed E-state index contributed by atoms with van der Waals surface area (Å²) in [7, 11) is 0. The first-order valence-corrected chi connectivity index (χ1v) is 12.3. The van der Waals surface area contributed by atoms with Crippen LogP contribution in [0.25, 0.3) is 0 Å². The molecule has 0 spiro atoms. The summed E-state index contributed by atoms with van der Waals surface area (Å²) in [6, 6.07) is 42.2. The molecule has 0 heterocycles. The molecular formula is C34H34O. The molecule has 0 aliphatic carbocycles. The molecule has 0 atom stereocenters. The Morgan fingerprint density at radius 3 is 0.857 bits per heavy atom. The van der Waals surface area contributed by atoms with Crippen molar-refractivity contribution in [3.8, 4) is 0 Å². The second-order valence-electron chi connectivity index (χ2n) is 9.29. The molecule has 4 aromatic carbocycles. The van der Waals surface area contributed by atoms with Crippen molar-refractivity contribution in [1.82, 2.24) is 0 Å². The van der Waals surface area contributed by atoms with Crippen LogP contribution in [0, 0.1) is 0 Å². The Morgan fingerprint density at radius 2 is 0.657 bits per heavy atom. The highest BCUT2D eigenvalue weighted by molar-refractivity contribution is 5.29. The van der Waals surface area contributed by atoms with Crippen molar-refractivity contribution in [2.24, 2.45) is 0 Å². The van der Waals surface area contributed by atoms with E-state index in [1.165, 1.54) is 22.3 Å². The van der Waals surface area contributed by atoms with E-state index < -0.39 is 11.2 Å². The Kier molecular flexibility index (Phi) is 8.13. The van der Waals surface area contributed by atoms with Crippen molar-refractivity contribution in [1.29, 1.82) is 0 Å². The van der Waals surface area contributed by atoms with Gasteiger partial charge < -0.3 is 4.74 Å². The average molecular weight is 459 g/mol. The third-order valence-corrected chi connectivity index (χ3v) is 6.54. The van der Waals surface area contributed by atoms with Gasteiger partial charge in [-0.1, -0.05) is 133 Å². The van der Waals surface area contributed by atoms with Crippen LogP contribution in [0.2, 0.25) is 0 Å². The van der Waals surface area contributed by atoms with E-state index in [0.29, 0.717) is 0 Å². The first-order chi connectivity index (χ1) is 17.1. The van der Waals surface area contributed by atoms with Gasteiger partial charge in [-0.3, -0.25) is 0 Å². The normalized spacial score (nSPS) is 11.7. The second-order valence-corrected chi connectivity index (χ2v) is 9.29. The Bertz CT molecular complexity index is 1000. The van der Waals surface area contributed by atoms with Crippen molar-refractivity contribution in [3.63, 3.8) is 0 Å². The molecule has 176 valence electrons. The molecule has 0 amide bonds. The summed E-state index contributed by atoms with van der Waals surface area (Å²) < 4.78 is 7.30. The first-order valence-electron chi connectivity index (χ1n) is 12.3. The zero-order valence-corrected chi connectivity index (χ0v) is 20.4. The molecule has 35 heavy (non-hydrogen) atoms. The van der Waals surface area contributed by atoms with Crippen molar-refractivity contribution in [3.05, 3.63) is 169 Å². The van der Waals surface area contributed by atoms with Crippen LogP contribution in [-0.2, 0) is 30.4 Å². The van der Waals surface area contributed by atoms with E-state index in [1.54, 1.807) is 0 Å². The van der Waals surface area contributed by atoms with Crippen LogP contribution in [0.1, 0.15) is 22.3 Å². The molecule has 4 aromatic rings. The molecule has 0 unspecified atom stereocenters. The maximum Gasteiger partial charge on any atom is 0.0952 e. The first kappa shape index (κ1) is 24.4. The van der Waals surface area contributed by atoms with Gasteiger partial charge in [-0.25, -0.2) is 0 Å².